The molecule has 0 bridgehead atoms. The van der Waals surface area contributed by atoms with Gasteiger partial charge in [-0.2, -0.15) is 10.1 Å². The zero-order valence-electron chi connectivity index (χ0n) is 11.6. The molecule has 20 heavy (non-hydrogen) atoms. The Labute approximate surface area is 116 Å². The van der Waals surface area contributed by atoms with Crippen LogP contribution < -0.4 is 5.01 Å². The van der Waals surface area contributed by atoms with E-state index in [0.717, 1.165) is 11.0 Å². The fourth-order valence-corrected chi connectivity index (χ4v) is 2.11. The van der Waals surface area contributed by atoms with Crippen molar-refractivity contribution in [3.05, 3.63) is 36.0 Å². The summed E-state index contributed by atoms with van der Waals surface area (Å²) in [6.07, 6.45) is 1.77. The maximum Gasteiger partial charge on any atom is 0.284 e. The number of hydrazone groups is 1. The van der Waals surface area contributed by atoms with E-state index in [1.165, 1.54) is 5.01 Å². The SMILES string of the molecule is CC1=NN(c2nc3ccccc3[nH]2)C(=O)C1=CN(C)C. The van der Waals surface area contributed by atoms with E-state index in [9.17, 15) is 4.79 Å². The number of hydrogen-bond acceptors (Lipinski definition) is 4. The first-order chi connectivity index (χ1) is 9.56. The van der Waals surface area contributed by atoms with Gasteiger partial charge in [-0.15, -0.1) is 0 Å². The van der Waals surface area contributed by atoms with E-state index >= 15 is 0 Å². The molecule has 0 fully saturated rings. The molecule has 0 radical (unpaired) electrons. The minimum atomic E-state index is -0.171. The Hall–Kier alpha value is -2.63. The summed E-state index contributed by atoms with van der Waals surface area (Å²) in [5.41, 5.74) is 2.96. The second-order valence-electron chi connectivity index (χ2n) is 4.89. The number of aromatic amines is 1. The monoisotopic (exact) mass is 269 g/mol. The third kappa shape index (κ3) is 1.95. The summed E-state index contributed by atoms with van der Waals surface area (Å²) in [6, 6.07) is 7.63. The molecule has 1 aromatic heterocycles. The molecule has 2 heterocycles. The van der Waals surface area contributed by atoms with Crippen molar-refractivity contribution in [3.8, 4) is 0 Å². The van der Waals surface area contributed by atoms with Crippen molar-refractivity contribution in [1.29, 1.82) is 0 Å². The first-order valence-electron chi connectivity index (χ1n) is 6.29. The van der Waals surface area contributed by atoms with Gasteiger partial charge in [-0.1, -0.05) is 12.1 Å². The Kier molecular flexibility index (Phi) is 2.78. The molecule has 6 heteroatoms. The number of rotatable bonds is 2. The highest BCUT2D eigenvalue weighted by molar-refractivity contribution is 6.29. The summed E-state index contributed by atoms with van der Waals surface area (Å²) >= 11 is 0. The lowest BCUT2D eigenvalue weighted by molar-refractivity contribution is -0.114. The smallest absolute Gasteiger partial charge is 0.284 e. The Morgan fingerprint density at radius 1 is 1.30 bits per heavy atom. The van der Waals surface area contributed by atoms with Crippen LogP contribution in [-0.4, -0.2) is 40.6 Å². The number of benzene rings is 1. The van der Waals surface area contributed by atoms with Gasteiger partial charge in [0.2, 0.25) is 5.95 Å². The van der Waals surface area contributed by atoms with Crippen LogP contribution in [0.5, 0.6) is 0 Å². The van der Waals surface area contributed by atoms with Crippen LogP contribution in [0.25, 0.3) is 11.0 Å². The van der Waals surface area contributed by atoms with Gasteiger partial charge >= 0.3 is 0 Å². The van der Waals surface area contributed by atoms with Crippen molar-refractivity contribution >= 4 is 28.6 Å². The summed E-state index contributed by atoms with van der Waals surface area (Å²) in [5, 5.41) is 5.59. The molecule has 0 unspecified atom stereocenters. The number of anilines is 1. The molecule has 1 aromatic carbocycles. The lowest BCUT2D eigenvalue weighted by Gasteiger charge is -2.08. The maximum atomic E-state index is 12.4. The van der Waals surface area contributed by atoms with Gasteiger partial charge in [0.1, 0.15) is 0 Å². The summed E-state index contributed by atoms with van der Waals surface area (Å²) in [7, 11) is 3.74. The number of nitrogens with zero attached hydrogens (tertiary/aromatic N) is 4. The van der Waals surface area contributed by atoms with Crippen molar-refractivity contribution in [3.63, 3.8) is 0 Å². The van der Waals surface area contributed by atoms with E-state index in [-0.39, 0.29) is 5.91 Å². The van der Waals surface area contributed by atoms with Crippen LogP contribution in [0.4, 0.5) is 5.95 Å². The van der Waals surface area contributed by atoms with Crippen LogP contribution >= 0.6 is 0 Å². The number of fused-ring (bicyclic) bond motifs is 1. The predicted molar refractivity (Wildman–Crippen MR) is 78.5 cm³/mol. The number of carbonyl (C=O) groups excluding carboxylic acids is 1. The van der Waals surface area contributed by atoms with Gasteiger partial charge in [0.05, 0.1) is 22.3 Å². The normalized spacial score (nSPS) is 17.1. The minimum absolute atomic E-state index is 0.171. The third-order valence-electron chi connectivity index (χ3n) is 3.03. The molecule has 1 aliphatic rings. The molecule has 2 aromatic rings. The van der Waals surface area contributed by atoms with Crippen LogP contribution in [0, 0.1) is 0 Å². The van der Waals surface area contributed by atoms with E-state index in [1.807, 2.05) is 50.2 Å². The first kappa shape index (κ1) is 12.4. The molecule has 102 valence electrons. The number of para-hydroxylation sites is 2. The number of nitrogens with one attached hydrogen (secondary N) is 1. The van der Waals surface area contributed by atoms with Crippen molar-refractivity contribution < 1.29 is 4.79 Å². The summed E-state index contributed by atoms with van der Waals surface area (Å²) in [4.78, 5) is 21.7. The number of carbonyl (C=O) groups is 1. The Morgan fingerprint density at radius 2 is 2.05 bits per heavy atom. The van der Waals surface area contributed by atoms with Gasteiger partial charge < -0.3 is 9.88 Å². The molecular weight excluding hydrogens is 254 g/mol. The lowest BCUT2D eigenvalue weighted by Crippen LogP contribution is -2.23. The Bertz CT molecular complexity index is 708. The summed E-state index contributed by atoms with van der Waals surface area (Å²) < 4.78 is 0. The van der Waals surface area contributed by atoms with Gasteiger partial charge in [0, 0.05) is 20.3 Å². The summed E-state index contributed by atoms with van der Waals surface area (Å²) in [6.45, 7) is 1.82. The molecule has 6 nitrogen and oxygen atoms in total. The van der Waals surface area contributed by atoms with Crippen molar-refractivity contribution in [2.75, 3.05) is 19.1 Å². The fourth-order valence-electron chi connectivity index (χ4n) is 2.11. The zero-order valence-corrected chi connectivity index (χ0v) is 11.6. The zero-order chi connectivity index (χ0) is 14.3. The molecule has 3 rings (SSSR count). The molecule has 1 amide bonds. The number of aromatic nitrogens is 2. The maximum absolute atomic E-state index is 12.4. The summed E-state index contributed by atoms with van der Waals surface area (Å²) in [5.74, 6) is 0.271. The van der Waals surface area contributed by atoms with E-state index in [2.05, 4.69) is 15.1 Å². The fraction of sp³-hybridized carbons (Fsp3) is 0.214. The minimum Gasteiger partial charge on any atom is -0.383 e. The average molecular weight is 269 g/mol. The van der Waals surface area contributed by atoms with E-state index in [1.54, 1.807) is 6.20 Å². The largest absolute Gasteiger partial charge is 0.383 e. The van der Waals surface area contributed by atoms with Gasteiger partial charge in [0.25, 0.3) is 5.91 Å². The number of amides is 1. The van der Waals surface area contributed by atoms with Crippen molar-refractivity contribution in [1.82, 2.24) is 14.9 Å². The standard InChI is InChI=1S/C14H15N5O/c1-9-10(8-18(2)3)13(20)19(17-9)14-15-11-6-4-5-7-12(11)16-14/h4-8H,1-3H3,(H,15,16). The molecule has 0 saturated carbocycles. The van der Waals surface area contributed by atoms with Crippen LogP contribution in [0.2, 0.25) is 0 Å². The molecule has 0 atom stereocenters. The number of H-pyrrole nitrogens is 1. The Balaban J connectivity index is 2.01. The molecule has 1 aliphatic heterocycles. The number of imidazole rings is 1. The van der Waals surface area contributed by atoms with Crippen molar-refractivity contribution in [2.24, 2.45) is 5.10 Å². The third-order valence-corrected chi connectivity index (χ3v) is 3.03. The van der Waals surface area contributed by atoms with Gasteiger partial charge in [-0.05, 0) is 19.1 Å². The highest BCUT2D eigenvalue weighted by Gasteiger charge is 2.30. The van der Waals surface area contributed by atoms with Gasteiger partial charge in [-0.25, -0.2) is 4.98 Å². The lowest BCUT2D eigenvalue weighted by atomic mass is 10.2. The van der Waals surface area contributed by atoms with Crippen LogP contribution in [0.1, 0.15) is 6.92 Å². The second kappa shape index (κ2) is 4.48. The molecule has 0 spiro atoms. The Morgan fingerprint density at radius 3 is 2.75 bits per heavy atom. The predicted octanol–water partition coefficient (Wildman–Crippen LogP) is 1.73. The molecular formula is C14H15N5O. The van der Waals surface area contributed by atoms with Gasteiger partial charge in [0.15, 0.2) is 0 Å². The van der Waals surface area contributed by atoms with Crippen molar-refractivity contribution in [2.45, 2.75) is 6.92 Å². The van der Waals surface area contributed by atoms with E-state index in [0.29, 0.717) is 17.2 Å². The topological polar surface area (TPSA) is 64.6 Å². The molecule has 0 saturated heterocycles. The van der Waals surface area contributed by atoms with Crippen LogP contribution in [0.3, 0.4) is 0 Å². The van der Waals surface area contributed by atoms with Gasteiger partial charge in [-0.3, -0.25) is 4.79 Å². The highest BCUT2D eigenvalue weighted by Crippen LogP contribution is 2.23. The quantitative estimate of drug-likeness (QED) is 0.844. The highest BCUT2D eigenvalue weighted by atomic mass is 16.2. The second-order valence-corrected chi connectivity index (χ2v) is 4.89. The van der Waals surface area contributed by atoms with E-state index in [4.69, 9.17) is 0 Å². The first-order valence-corrected chi connectivity index (χ1v) is 6.29. The van der Waals surface area contributed by atoms with Crippen LogP contribution in [-0.2, 0) is 4.79 Å². The van der Waals surface area contributed by atoms with E-state index < -0.39 is 0 Å². The number of hydrogen-bond donors (Lipinski definition) is 1. The molecule has 1 N–H and O–H groups in total. The molecule has 0 aliphatic carbocycles. The average Bonchev–Trinajstić information content (AvgIpc) is 2.94. The van der Waals surface area contributed by atoms with Crippen LogP contribution in [0.15, 0.2) is 41.1 Å².